The molecule has 2 heterocycles. The Kier molecular flexibility index (Phi) is 8.51. The molecule has 12 nitrogen and oxygen atoms in total. The van der Waals surface area contributed by atoms with Crippen molar-refractivity contribution in [2.45, 2.75) is 53.0 Å². The molecule has 0 aliphatic carbocycles. The van der Waals surface area contributed by atoms with E-state index in [0.717, 1.165) is 5.69 Å². The van der Waals surface area contributed by atoms with E-state index in [4.69, 9.17) is 8.37 Å². The van der Waals surface area contributed by atoms with Crippen LogP contribution in [0.25, 0.3) is 5.65 Å². The Hall–Kier alpha value is -3.88. The van der Waals surface area contributed by atoms with Gasteiger partial charge in [-0.3, -0.25) is 19.4 Å². The largest absolute Gasteiger partial charge is 0.389 e. The van der Waals surface area contributed by atoms with Gasteiger partial charge < -0.3 is 8.37 Å². The molecule has 4 rings (SSSR count). The lowest BCUT2D eigenvalue weighted by atomic mass is 9.93. The number of H-pyrrole nitrogens is 1. The number of carbonyl (C=O) groups excluding carboxylic acids is 2. The third-order valence-electron chi connectivity index (χ3n) is 5.79. The van der Waals surface area contributed by atoms with Gasteiger partial charge in [0.25, 0.3) is 11.3 Å². The summed E-state index contributed by atoms with van der Waals surface area (Å²) in [6.45, 7) is 10.7. The summed E-state index contributed by atoms with van der Waals surface area (Å²) in [6, 6.07) is 12.0. The number of nitrogens with one attached hydrogen (secondary N) is 3. The first-order chi connectivity index (χ1) is 18.8. The van der Waals surface area contributed by atoms with Gasteiger partial charge in [-0.05, 0) is 51.1 Å². The van der Waals surface area contributed by atoms with Crippen LogP contribution in [0.2, 0.25) is 0 Å². The highest BCUT2D eigenvalue weighted by Crippen LogP contribution is 2.24. The number of nitrogens with zero attached hydrogens (tertiary/aromatic N) is 3. The molecular weight excluding hydrogens is 556 g/mol. The molecule has 3 atom stereocenters. The molecule has 0 spiro atoms. The van der Waals surface area contributed by atoms with Crippen LogP contribution in [0.1, 0.15) is 79.8 Å². The number of hydrogen-bond donors (Lipinski definition) is 3. The SMILES string of the molecule is CC(=O)c1cc(OS(=O)Nc2cccc(OS(=O)NC(C)c3nnc4cc(C(C)(C)C)[nH]n34)c2)cc(C(C)=O)c1. The summed E-state index contributed by atoms with van der Waals surface area (Å²) in [5.41, 5.74) is 2.41. The Balaban J connectivity index is 1.39. The molecule has 0 aliphatic rings. The number of anilines is 1. The minimum atomic E-state index is -2.07. The predicted octanol–water partition coefficient (Wildman–Crippen LogP) is 4.14. The van der Waals surface area contributed by atoms with Gasteiger partial charge in [0.2, 0.25) is 0 Å². The van der Waals surface area contributed by atoms with E-state index >= 15 is 0 Å². The topological polar surface area (TPSA) is 157 Å². The number of ketones is 2. The summed E-state index contributed by atoms with van der Waals surface area (Å²) in [4.78, 5) is 23.6. The van der Waals surface area contributed by atoms with Crippen molar-refractivity contribution in [3.63, 3.8) is 0 Å². The van der Waals surface area contributed by atoms with Crippen molar-refractivity contribution in [1.82, 2.24) is 24.5 Å². The van der Waals surface area contributed by atoms with Crippen LogP contribution in [0.4, 0.5) is 5.69 Å². The molecule has 0 saturated heterocycles. The van der Waals surface area contributed by atoms with Gasteiger partial charge in [0.05, 0.1) is 11.7 Å². The quantitative estimate of drug-likeness (QED) is 0.221. The number of Topliss-reactive ketones (excluding diaryl/α,β-unsaturated/α-hetero) is 2. The number of benzene rings is 2. The van der Waals surface area contributed by atoms with Gasteiger partial charge in [-0.1, -0.05) is 26.8 Å². The first kappa shape index (κ1) is 29.1. The molecule has 0 aliphatic heterocycles. The Morgan fingerprint density at radius 1 is 0.925 bits per heavy atom. The van der Waals surface area contributed by atoms with Gasteiger partial charge in [0.15, 0.2) is 23.0 Å². The van der Waals surface area contributed by atoms with Crippen molar-refractivity contribution < 1.29 is 26.4 Å². The Morgan fingerprint density at radius 2 is 1.57 bits per heavy atom. The first-order valence-electron chi connectivity index (χ1n) is 12.2. The first-order valence-corrected chi connectivity index (χ1v) is 14.4. The van der Waals surface area contributed by atoms with E-state index in [1.165, 1.54) is 38.1 Å². The summed E-state index contributed by atoms with van der Waals surface area (Å²) >= 11 is -4.02. The van der Waals surface area contributed by atoms with E-state index in [0.29, 0.717) is 17.2 Å². The summed E-state index contributed by atoms with van der Waals surface area (Å²) in [5.74, 6) is 0.340. The van der Waals surface area contributed by atoms with Crippen LogP contribution in [0.3, 0.4) is 0 Å². The van der Waals surface area contributed by atoms with Crippen molar-refractivity contribution in [3.05, 3.63) is 71.2 Å². The van der Waals surface area contributed by atoms with Crippen molar-refractivity contribution in [2.24, 2.45) is 0 Å². The molecule has 0 saturated carbocycles. The number of fused-ring (bicyclic) bond motifs is 1. The van der Waals surface area contributed by atoms with Crippen molar-refractivity contribution in [2.75, 3.05) is 4.72 Å². The Labute approximate surface area is 236 Å². The number of aromatic amines is 1. The fraction of sp³-hybridized carbons (Fsp3) is 0.308. The van der Waals surface area contributed by atoms with Gasteiger partial charge >= 0.3 is 11.3 Å². The molecule has 0 fully saturated rings. The molecule has 0 radical (unpaired) electrons. The van der Waals surface area contributed by atoms with Crippen LogP contribution in [-0.2, 0) is 27.9 Å². The average molecular weight is 587 g/mol. The predicted molar refractivity (Wildman–Crippen MR) is 152 cm³/mol. The van der Waals surface area contributed by atoms with E-state index in [-0.39, 0.29) is 39.6 Å². The standard InChI is InChI=1S/C26H30N6O6S2/c1-15(25-28-27-24-14-23(26(4,5)6)29-32(24)25)30-39(35)37-21-9-7-8-20(13-21)31-40(36)38-22-11-18(16(2)33)10-19(12-22)17(3)34/h7-15,29-31H,1-6H3. The molecule has 3 unspecified atom stereocenters. The van der Waals surface area contributed by atoms with Gasteiger partial charge in [-0.25, -0.2) is 4.52 Å². The number of aromatic nitrogens is 4. The molecule has 2 aromatic heterocycles. The maximum atomic E-state index is 12.7. The summed E-state index contributed by atoms with van der Waals surface area (Å²) in [6.07, 6.45) is 0. The van der Waals surface area contributed by atoms with Crippen molar-refractivity contribution in [1.29, 1.82) is 0 Å². The summed E-state index contributed by atoms with van der Waals surface area (Å²) < 4.78 is 43.5. The van der Waals surface area contributed by atoms with Crippen molar-refractivity contribution in [3.8, 4) is 11.5 Å². The van der Waals surface area contributed by atoms with Crippen LogP contribution in [0.15, 0.2) is 48.5 Å². The highest BCUT2D eigenvalue weighted by Gasteiger charge is 2.22. The third-order valence-corrected chi connectivity index (χ3v) is 7.42. The summed E-state index contributed by atoms with van der Waals surface area (Å²) in [5, 5.41) is 11.6. The van der Waals surface area contributed by atoms with E-state index < -0.39 is 28.6 Å². The van der Waals surface area contributed by atoms with E-state index in [1.54, 1.807) is 29.6 Å². The highest BCUT2D eigenvalue weighted by atomic mass is 32.2. The van der Waals surface area contributed by atoms with Crippen molar-refractivity contribution >= 4 is 45.4 Å². The average Bonchev–Trinajstić information content (AvgIpc) is 3.45. The lowest BCUT2D eigenvalue weighted by Crippen LogP contribution is -2.26. The van der Waals surface area contributed by atoms with Crippen LogP contribution in [-0.4, -0.2) is 39.8 Å². The Morgan fingerprint density at radius 3 is 2.20 bits per heavy atom. The minimum absolute atomic E-state index is 0.0923. The zero-order valence-corrected chi connectivity index (χ0v) is 24.4. The normalized spacial score (nSPS) is 13.9. The second-order valence-electron chi connectivity index (χ2n) is 10.1. The van der Waals surface area contributed by atoms with E-state index in [2.05, 4.69) is 45.5 Å². The van der Waals surface area contributed by atoms with Gasteiger partial charge in [-0.2, -0.15) is 13.1 Å². The fourth-order valence-corrected chi connectivity index (χ4v) is 4.99. The number of hydrogen-bond acceptors (Lipinski definition) is 8. The third kappa shape index (κ3) is 7.00. The molecule has 212 valence electrons. The smallest absolute Gasteiger partial charge is 0.316 e. The molecule has 2 aromatic carbocycles. The lowest BCUT2D eigenvalue weighted by Gasteiger charge is -2.16. The lowest BCUT2D eigenvalue weighted by molar-refractivity contribution is 0.101. The zero-order chi connectivity index (χ0) is 29.2. The second-order valence-corrected chi connectivity index (χ2v) is 11.8. The van der Waals surface area contributed by atoms with Crippen LogP contribution < -0.4 is 17.8 Å². The fourth-order valence-electron chi connectivity index (χ4n) is 3.64. The molecule has 40 heavy (non-hydrogen) atoms. The van der Waals surface area contributed by atoms with Crippen LogP contribution >= 0.6 is 0 Å². The molecule has 0 bridgehead atoms. The monoisotopic (exact) mass is 586 g/mol. The van der Waals surface area contributed by atoms with Gasteiger partial charge in [0.1, 0.15) is 11.5 Å². The molecule has 4 aromatic rings. The Bertz CT molecular complexity index is 1590. The van der Waals surface area contributed by atoms with E-state index in [1.807, 2.05) is 6.07 Å². The van der Waals surface area contributed by atoms with Gasteiger partial charge in [0, 0.05) is 34.4 Å². The maximum absolute atomic E-state index is 12.7. The molecule has 0 amide bonds. The molecule has 3 N–H and O–H groups in total. The maximum Gasteiger partial charge on any atom is 0.316 e. The zero-order valence-electron chi connectivity index (χ0n) is 22.8. The second kappa shape index (κ2) is 11.7. The van der Waals surface area contributed by atoms with Crippen LogP contribution in [0.5, 0.6) is 11.5 Å². The number of rotatable bonds is 11. The molecule has 14 heteroatoms. The van der Waals surface area contributed by atoms with Gasteiger partial charge in [-0.15, -0.1) is 10.2 Å². The van der Waals surface area contributed by atoms with Crippen LogP contribution in [0, 0.1) is 0 Å². The highest BCUT2D eigenvalue weighted by molar-refractivity contribution is 7.82. The van der Waals surface area contributed by atoms with E-state index in [9.17, 15) is 18.0 Å². The molecular formula is C26H30N6O6S2. The number of carbonyl (C=O) groups is 2. The summed E-state index contributed by atoms with van der Waals surface area (Å²) in [7, 11) is 0. The minimum Gasteiger partial charge on any atom is -0.389 e.